The van der Waals surface area contributed by atoms with Gasteiger partial charge in [0.1, 0.15) is 5.75 Å². The first kappa shape index (κ1) is 18.3. The predicted octanol–water partition coefficient (Wildman–Crippen LogP) is 3.23. The molecule has 24 heavy (non-hydrogen) atoms. The van der Waals surface area contributed by atoms with Gasteiger partial charge in [-0.25, -0.2) is 0 Å². The summed E-state index contributed by atoms with van der Waals surface area (Å²) in [6.07, 6.45) is -0.249. The summed E-state index contributed by atoms with van der Waals surface area (Å²) >= 11 is 1.30. The van der Waals surface area contributed by atoms with Gasteiger partial charge in [0.05, 0.1) is 12.4 Å². The Hall–Kier alpha value is -2.02. The molecule has 2 rings (SSSR count). The van der Waals surface area contributed by atoms with Crippen LogP contribution in [0.5, 0.6) is 5.75 Å². The second kappa shape index (κ2) is 8.19. The fourth-order valence-corrected chi connectivity index (χ4v) is 2.89. The minimum atomic E-state index is -0.258. The fourth-order valence-electron chi connectivity index (χ4n) is 2.18. The zero-order valence-electron chi connectivity index (χ0n) is 14.7. The van der Waals surface area contributed by atoms with Crippen molar-refractivity contribution in [1.29, 1.82) is 0 Å². The number of hydrogen-bond donors (Lipinski definition) is 0. The van der Waals surface area contributed by atoms with Crippen LogP contribution in [0.2, 0.25) is 0 Å². The summed E-state index contributed by atoms with van der Waals surface area (Å²) in [5.41, 5.74) is 2.41. The second-order valence-corrected chi connectivity index (χ2v) is 6.44. The first-order valence-electron chi connectivity index (χ1n) is 7.84. The van der Waals surface area contributed by atoms with Crippen molar-refractivity contribution in [2.75, 3.05) is 12.4 Å². The van der Waals surface area contributed by atoms with Crippen LogP contribution in [0.25, 0.3) is 0 Å². The van der Waals surface area contributed by atoms with Gasteiger partial charge >= 0.3 is 5.97 Å². The van der Waals surface area contributed by atoms with Gasteiger partial charge in [0, 0.05) is 7.05 Å². The van der Waals surface area contributed by atoms with Crippen LogP contribution in [0, 0.1) is 13.8 Å². The van der Waals surface area contributed by atoms with Crippen LogP contribution in [-0.2, 0) is 16.6 Å². The SMILES string of the molecule is CCOC(=O)CSc1nnc(C(C)Oc2ccc(C)c(C)c2)n1C. The van der Waals surface area contributed by atoms with Gasteiger partial charge in [0.2, 0.25) is 0 Å². The number of hydrogen-bond acceptors (Lipinski definition) is 6. The standard InChI is InChI=1S/C17H23N3O3S/c1-6-22-15(21)10-24-17-19-18-16(20(17)5)13(4)23-14-8-7-11(2)12(3)9-14/h7-9,13H,6,10H2,1-5H3. The molecule has 0 saturated carbocycles. The van der Waals surface area contributed by atoms with Crippen molar-refractivity contribution in [3.63, 3.8) is 0 Å². The monoisotopic (exact) mass is 349 g/mol. The van der Waals surface area contributed by atoms with Crippen molar-refractivity contribution in [2.45, 2.75) is 39.0 Å². The molecule has 6 nitrogen and oxygen atoms in total. The summed E-state index contributed by atoms with van der Waals surface area (Å²) in [5.74, 6) is 1.46. The molecule has 0 radical (unpaired) electrons. The quantitative estimate of drug-likeness (QED) is 0.565. The Morgan fingerprint density at radius 3 is 2.71 bits per heavy atom. The fraction of sp³-hybridized carbons (Fsp3) is 0.471. The van der Waals surface area contributed by atoms with E-state index in [0.717, 1.165) is 5.75 Å². The topological polar surface area (TPSA) is 66.2 Å². The number of ether oxygens (including phenoxy) is 2. The van der Waals surface area contributed by atoms with E-state index in [0.29, 0.717) is 17.6 Å². The number of carbonyl (C=O) groups excluding carboxylic acids is 1. The number of thioether (sulfide) groups is 1. The lowest BCUT2D eigenvalue weighted by molar-refractivity contribution is -0.139. The molecule has 0 fully saturated rings. The molecule has 0 aliphatic rings. The largest absolute Gasteiger partial charge is 0.483 e. The molecule has 1 atom stereocenters. The molecule has 0 aliphatic heterocycles. The molecule has 0 spiro atoms. The van der Waals surface area contributed by atoms with E-state index in [-0.39, 0.29) is 17.8 Å². The van der Waals surface area contributed by atoms with Gasteiger partial charge in [-0.3, -0.25) is 4.79 Å². The summed E-state index contributed by atoms with van der Waals surface area (Å²) in [4.78, 5) is 11.4. The highest BCUT2D eigenvalue weighted by molar-refractivity contribution is 7.99. The summed E-state index contributed by atoms with van der Waals surface area (Å²) in [7, 11) is 1.86. The van der Waals surface area contributed by atoms with Crippen LogP contribution in [0.3, 0.4) is 0 Å². The van der Waals surface area contributed by atoms with E-state index in [9.17, 15) is 4.79 Å². The summed E-state index contributed by atoms with van der Waals surface area (Å²) in [6, 6.07) is 6.00. The maximum atomic E-state index is 11.4. The maximum absolute atomic E-state index is 11.4. The van der Waals surface area contributed by atoms with Crippen LogP contribution >= 0.6 is 11.8 Å². The minimum absolute atomic E-state index is 0.214. The molecule has 1 unspecified atom stereocenters. The van der Waals surface area contributed by atoms with Crippen molar-refractivity contribution < 1.29 is 14.3 Å². The van der Waals surface area contributed by atoms with Crippen LogP contribution in [0.1, 0.15) is 36.9 Å². The first-order chi connectivity index (χ1) is 11.4. The molecule has 0 aliphatic carbocycles. The third kappa shape index (κ3) is 4.50. The van der Waals surface area contributed by atoms with Gasteiger partial charge in [-0.05, 0) is 51.0 Å². The predicted molar refractivity (Wildman–Crippen MR) is 93.3 cm³/mol. The van der Waals surface area contributed by atoms with Crippen LogP contribution in [0.15, 0.2) is 23.4 Å². The lowest BCUT2D eigenvalue weighted by Gasteiger charge is -2.15. The van der Waals surface area contributed by atoms with Gasteiger partial charge in [0.15, 0.2) is 17.1 Å². The third-order valence-electron chi connectivity index (χ3n) is 3.65. The molecule has 130 valence electrons. The van der Waals surface area contributed by atoms with E-state index in [1.807, 2.05) is 36.7 Å². The average Bonchev–Trinajstić information content (AvgIpc) is 2.90. The number of rotatable bonds is 7. The van der Waals surface area contributed by atoms with Crippen molar-refractivity contribution in [2.24, 2.45) is 7.05 Å². The molecule has 1 aromatic heterocycles. The molecule has 1 aromatic carbocycles. The van der Waals surface area contributed by atoms with Crippen LogP contribution < -0.4 is 4.74 Å². The Balaban J connectivity index is 2.03. The van der Waals surface area contributed by atoms with E-state index in [2.05, 4.69) is 24.0 Å². The second-order valence-electron chi connectivity index (χ2n) is 5.50. The van der Waals surface area contributed by atoms with Crippen molar-refractivity contribution >= 4 is 17.7 Å². The van der Waals surface area contributed by atoms with E-state index < -0.39 is 0 Å². The summed E-state index contributed by atoms with van der Waals surface area (Å²) in [6.45, 7) is 8.22. The van der Waals surface area contributed by atoms with E-state index >= 15 is 0 Å². The molecule has 0 amide bonds. The molecule has 0 saturated heterocycles. The van der Waals surface area contributed by atoms with E-state index in [1.165, 1.54) is 22.9 Å². The Labute approximate surface area is 146 Å². The number of carbonyl (C=O) groups is 1. The van der Waals surface area contributed by atoms with Crippen molar-refractivity contribution in [3.05, 3.63) is 35.2 Å². The van der Waals surface area contributed by atoms with Gasteiger partial charge in [-0.1, -0.05) is 17.8 Å². The number of benzene rings is 1. The average molecular weight is 349 g/mol. The first-order valence-corrected chi connectivity index (χ1v) is 8.82. The minimum Gasteiger partial charge on any atom is -0.483 e. The number of aryl methyl sites for hydroxylation is 2. The maximum Gasteiger partial charge on any atom is 0.316 e. The summed E-state index contributed by atoms with van der Waals surface area (Å²) < 4.78 is 12.7. The normalized spacial score (nSPS) is 12.0. The zero-order chi connectivity index (χ0) is 17.7. The highest BCUT2D eigenvalue weighted by Crippen LogP contribution is 2.25. The van der Waals surface area contributed by atoms with Gasteiger partial charge in [-0.2, -0.15) is 0 Å². The van der Waals surface area contributed by atoms with E-state index in [1.54, 1.807) is 6.92 Å². The highest BCUT2D eigenvalue weighted by atomic mass is 32.2. The van der Waals surface area contributed by atoms with Crippen molar-refractivity contribution in [1.82, 2.24) is 14.8 Å². The summed E-state index contributed by atoms with van der Waals surface area (Å²) in [5, 5.41) is 8.98. The Bertz CT molecular complexity index is 715. The van der Waals surface area contributed by atoms with E-state index in [4.69, 9.17) is 9.47 Å². The van der Waals surface area contributed by atoms with Crippen LogP contribution in [0.4, 0.5) is 0 Å². The van der Waals surface area contributed by atoms with Crippen molar-refractivity contribution in [3.8, 4) is 5.75 Å². The molecule has 0 N–H and O–H groups in total. The van der Waals surface area contributed by atoms with Gasteiger partial charge in [0.25, 0.3) is 0 Å². The number of aromatic nitrogens is 3. The molecular weight excluding hydrogens is 326 g/mol. The zero-order valence-corrected chi connectivity index (χ0v) is 15.5. The molecule has 2 aromatic rings. The Morgan fingerprint density at radius 1 is 1.29 bits per heavy atom. The smallest absolute Gasteiger partial charge is 0.316 e. The molecular formula is C17H23N3O3S. The highest BCUT2D eigenvalue weighted by Gasteiger charge is 2.18. The molecule has 7 heteroatoms. The van der Waals surface area contributed by atoms with Gasteiger partial charge < -0.3 is 14.0 Å². The third-order valence-corrected chi connectivity index (χ3v) is 4.64. The lowest BCUT2D eigenvalue weighted by atomic mass is 10.1. The Kier molecular flexibility index (Phi) is 6.25. The van der Waals surface area contributed by atoms with Crippen LogP contribution in [-0.4, -0.2) is 33.1 Å². The lowest BCUT2D eigenvalue weighted by Crippen LogP contribution is -2.11. The van der Waals surface area contributed by atoms with Gasteiger partial charge in [-0.15, -0.1) is 10.2 Å². The number of esters is 1. The molecule has 0 bridgehead atoms. The number of nitrogens with zero attached hydrogens (tertiary/aromatic N) is 3. The Morgan fingerprint density at radius 2 is 2.04 bits per heavy atom. The molecule has 1 heterocycles.